The molecule has 0 aliphatic heterocycles. The molecule has 10 rings (SSSR count). The molecule has 0 amide bonds. The van der Waals surface area contributed by atoms with E-state index in [4.69, 9.17) is 0 Å². The minimum atomic E-state index is -0.390. The second-order valence-electron chi connectivity index (χ2n) is 16.7. The van der Waals surface area contributed by atoms with Gasteiger partial charge in [0.1, 0.15) is 0 Å². The Balaban J connectivity index is 0.000000154. The van der Waals surface area contributed by atoms with Crippen molar-refractivity contribution in [2.75, 3.05) is 0 Å². The van der Waals surface area contributed by atoms with Crippen LogP contribution >= 0.6 is 15.9 Å². The summed E-state index contributed by atoms with van der Waals surface area (Å²) >= 11 is 3.39. The van der Waals surface area contributed by atoms with Gasteiger partial charge in [-0.25, -0.2) is 0 Å². The normalized spacial score (nSPS) is 12.8. The fraction of sp³-hybridized carbons (Fsp3) is 0.127. The Labute approximate surface area is 383 Å². The van der Waals surface area contributed by atoms with Crippen LogP contribution in [0.4, 0.5) is 11.4 Å². The Morgan fingerprint density at radius 3 is 1.38 bits per heavy atom. The quantitative estimate of drug-likeness (QED) is 0.0939. The van der Waals surface area contributed by atoms with Gasteiger partial charge in [-0.1, -0.05) is 134 Å². The van der Waals surface area contributed by atoms with Crippen LogP contribution in [-0.2, 0) is 15.5 Å². The molecule has 0 fully saturated rings. The molecule has 0 aromatic heterocycles. The molecule has 7 nitrogen and oxygen atoms in total. The number of nitro benzene ring substituents is 2. The first kappa shape index (κ1) is 44.9. The van der Waals surface area contributed by atoms with E-state index in [9.17, 15) is 24.9 Å². The average molecular weight is 906 g/mol. The van der Waals surface area contributed by atoms with Crippen molar-refractivity contribution >= 4 is 39.9 Å². The minimum absolute atomic E-state index is 0. The molecule has 0 unspecified atom stereocenters. The van der Waals surface area contributed by atoms with Gasteiger partial charge in [-0.05, 0) is 68.3 Å². The summed E-state index contributed by atoms with van der Waals surface area (Å²) in [6.07, 6.45) is 0. The van der Waals surface area contributed by atoms with Crippen molar-refractivity contribution in [1.82, 2.24) is 0 Å². The van der Waals surface area contributed by atoms with Gasteiger partial charge in [0.15, 0.2) is 0 Å². The standard InChI is InChI=1S/C27H21NO2.C15H13BO.C12H8BrNO2.CH4/c1-27(2)25-11-7-6-10-22(25)23-14-12-19(16-26(23)27)21-15-13-20(28(29)30)17-24(21)18-8-4-3-5-9-18;1-15(2)13-6-4-3-5-11(13)12-8-7-10(16-17)9-14(12)15;13-12-7-6-10(14(15)16)8-11(12)9-4-2-1-3-5-9;/h3-17H,1-2H3;3-9H,1-2H3;1-8H;1H4. The Bertz CT molecular complexity index is 3060. The molecule has 8 aromatic carbocycles. The maximum atomic E-state index is 11.4. The van der Waals surface area contributed by atoms with E-state index in [0.717, 1.165) is 50.5 Å². The van der Waals surface area contributed by atoms with E-state index >= 15 is 0 Å². The fourth-order valence-electron chi connectivity index (χ4n) is 8.89. The molecule has 0 saturated heterocycles. The molecule has 0 saturated carbocycles. The van der Waals surface area contributed by atoms with Crippen molar-refractivity contribution in [3.05, 3.63) is 229 Å². The Morgan fingerprint density at radius 1 is 0.422 bits per heavy atom. The smallest absolute Gasteiger partial charge is 0.258 e. The van der Waals surface area contributed by atoms with Crippen LogP contribution in [0.15, 0.2) is 186 Å². The SMILES string of the molecule is C.CC1(C)c2ccccc2-c2ccc(-c3ccc([N+](=O)[O-])cc3-c3ccccc3)cc21.CC1(C)c2ccccc2-c2ccc(B=O)cc21.O=[N+]([O-])c1ccc(Br)c(-c2ccccc2)c1. The summed E-state index contributed by atoms with van der Waals surface area (Å²) in [5, 5.41) is 22.1. The van der Waals surface area contributed by atoms with Crippen molar-refractivity contribution < 1.29 is 14.6 Å². The monoisotopic (exact) mass is 904 g/mol. The van der Waals surface area contributed by atoms with Gasteiger partial charge in [-0.15, -0.1) is 0 Å². The first-order valence-electron chi connectivity index (χ1n) is 20.6. The van der Waals surface area contributed by atoms with Crippen LogP contribution in [0.3, 0.4) is 0 Å². The number of nitro groups is 2. The van der Waals surface area contributed by atoms with Gasteiger partial charge < -0.3 is 0 Å². The first-order valence-corrected chi connectivity index (χ1v) is 21.4. The topological polar surface area (TPSA) is 103 Å². The van der Waals surface area contributed by atoms with E-state index in [-0.39, 0.29) is 34.6 Å². The molecule has 2 aliphatic carbocycles. The molecule has 8 aromatic rings. The number of nitrogens with zero attached hydrogens (tertiary/aromatic N) is 2. The molecular weight excluding hydrogens is 859 g/mol. The number of benzene rings is 8. The van der Waals surface area contributed by atoms with Gasteiger partial charge in [-0.2, -0.15) is 0 Å². The van der Waals surface area contributed by atoms with Crippen molar-refractivity contribution in [3.8, 4) is 55.6 Å². The van der Waals surface area contributed by atoms with Gasteiger partial charge >= 0.3 is 101 Å². The number of hydrogen-bond acceptors (Lipinski definition) is 5. The maximum absolute atomic E-state index is 11.4. The zero-order valence-corrected chi connectivity index (χ0v) is 36.8. The molecule has 0 heterocycles. The summed E-state index contributed by atoms with van der Waals surface area (Å²) in [4.78, 5) is 21.4. The number of fused-ring (bicyclic) bond motifs is 6. The van der Waals surface area contributed by atoms with Crippen LogP contribution in [0.2, 0.25) is 0 Å². The number of halogens is 1. The van der Waals surface area contributed by atoms with Crippen LogP contribution in [-0.4, -0.2) is 17.0 Å². The predicted molar refractivity (Wildman–Crippen MR) is 265 cm³/mol. The van der Waals surface area contributed by atoms with Crippen LogP contribution in [0.5, 0.6) is 0 Å². The van der Waals surface area contributed by atoms with E-state index < -0.39 is 4.92 Å². The van der Waals surface area contributed by atoms with Gasteiger partial charge in [0.25, 0.3) is 11.4 Å². The molecule has 64 heavy (non-hydrogen) atoms. The largest absolute Gasteiger partial charge is 0.270 e. The zero-order valence-electron chi connectivity index (χ0n) is 35.2. The Kier molecular flexibility index (Phi) is 12.9. The van der Waals surface area contributed by atoms with Crippen molar-refractivity contribution in [3.63, 3.8) is 0 Å². The van der Waals surface area contributed by atoms with E-state index in [1.165, 1.54) is 50.6 Å². The van der Waals surface area contributed by atoms with Gasteiger partial charge in [0.2, 0.25) is 0 Å². The van der Waals surface area contributed by atoms with E-state index in [2.05, 4.69) is 116 Å². The number of non-ortho nitro benzene ring substituents is 2. The van der Waals surface area contributed by atoms with Crippen LogP contribution in [0, 0.1) is 20.2 Å². The molecule has 0 N–H and O–H groups in total. The van der Waals surface area contributed by atoms with Crippen LogP contribution < -0.4 is 5.46 Å². The second kappa shape index (κ2) is 18.3. The van der Waals surface area contributed by atoms with Gasteiger partial charge in [-0.3, -0.25) is 20.2 Å². The number of rotatable bonds is 6. The summed E-state index contributed by atoms with van der Waals surface area (Å²) in [6, 6.07) is 58.9. The summed E-state index contributed by atoms with van der Waals surface area (Å²) in [5.74, 6) is 0. The third-order valence-corrected chi connectivity index (χ3v) is 12.9. The van der Waals surface area contributed by atoms with Crippen LogP contribution in [0.1, 0.15) is 57.4 Å². The molecule has 0 radical (unpaired) electrons. The summed E-state index contributed by atoms with van der Waals surface area (Å²) in [6.45, 7) is 8.95. The van der Waals surface area contributed by atoms with Gasteiger partial charge in [0.05, 0.1) is 9.85 Å². The molecule has 0 bridgehead atoms. The molecule has 0 spiro atoms. The second-order valence-corrected chi connectivity index (χ2v) is 17.5. The van der Waals surface area contributed by atoms with Crippen molar-refractivity contribution in [2.24, 2.45) is 0 Å². The maximum Gasteiger partial charge on any atom is 0.270 e. The van der Waals surface area contributed by atoms with E-state index in [1.807, 2.05) is 78.9 Å². The molecule has 316 valence electrons. The third kappa shape index (κ3) is 8.51. The van der Waals surface area contributed by atoms with Gasteiger partial charge in [0, 0.05) is 39.7 Å². The van der Waals surface area contributed by atoms with E-state index in [0.29, 0.717) is 0 Å². The minimum Gasteiger partial charge on any atom is -0.258 e. The third-order valence-electron chi connectivity index (χ3n) is 12.2. The molecule has 2 aliphatic rings. The average Bonchev–Trinajstić information content (AvgIpc) is 3.68. The summed E-state index contributed by atoms with van der Waals surface area (Å²) < 4.78 is 11.7. The summed E-state index contributed by atoms with van der Waals surface area (Å²) in [7, 11) is 0.916. The molecular formula is C55H46BBrN2O5. The molecule has 9 heteroatoms. The first-order chi connectivity index (χ1) is 30.3. The Hall–Kier alpha value is -7.10. The van der Waals surface area contributed by atoms with Crippen LogP contribution in [0.25, 0.3) is 55.6 Å². The predicted octanol–water partition coefficient (Wildman–Crippen LogP) is 14.6. The molecule has 0 atom stereocenters. The fourth-order valence-corrected chi connectivity index (χ4v) is 9.36. The van der Waals surface area contributed by atoms with E-state index in [1.54, 1.807) is 24.3 Å². The van der Waals surface area contributed by atoms with Crippen molar-refractivity contribution in [2.45, 2.75) is 46.0 Å². The van der Waals surface area contributed by atoms with Crippen molar-refractivity contribution in [1.29, 1.82) is 0 Å². The number of hydrogen-bond donors (Lipinski definition) is 0. The zero-order chi connectivity index (χ0) is 44.5. The summed E-state index contributed by atoms with van der Waals surface area (Å²) in [5.41, 5.74) is 16.9. The Morgan fingerprint density at radius 2 is 0.844 bits per heavy atom.